The summed E-state index contributed by atoms with van der Waals surface area (Å²) < 4.78 is 0. The van der Waals surface area contributed by atoms with E-state index < -0.39 is 11.3 Å². The minimum Gasteiger partial charge on any atom is -0.355 e. The fraction of sp³-hybridized carbons (Fsp3) is 0.571. The highest BCUT2D eigenvalue weighted by Gasteiger charge is 2.48. The van der Waals surface area contributed by atoms with Crippen LogP contribution in [0.15, 0.2) is 30.3 Å². The standard InChI is InChI=1S/C21H27N3O2/c1-20(2,3)16-13-23-18(25)17(16)19(26)24-11-9-21(14-22,10-12-24)15-7-5-4-6-8-15/h4-8,16-17H,9-13H2,1-3H3,(H,23,25)/t16-,17-/m1/s1. The van der Waals surface area contributed by atoms with Gasteiger partial charge < -0.3 is 10.2 Å². The van der Waals surface area contributed by atoms with Gasteiger partial charge in [-0.15, -0.1) is 0 Å². The molecule has 138 valence electrons. The molecule has 0 saturated carbocycles. The Balaban J connectivity index is 1.74. The molecular weight excluding hydrogens is 326 g/mol. The van der Waals surface area contributed by atoms with Crippen LogP contribution < -0.4 is 5.32 Å². The number of hydrogen-bond donors (Lipinski definition) is 1. The second kappa shape index (κ2) is 6.75. The van der Waals surface area contributed by atoms with E-state index in [1.807, 2.05) is 30.3 Å². The molecule has 1 N–H and O–H groups in total. The highest BCUT2D eigenvalue weighted by atomic mass is 16.2. The normalized spacial score (nSPS) is 25.5. The summed E-state index contributed by atoms with van der Waals surface area (Å²) in [7, 11) is 0. The molecule has 3 rings (SSSR count). The minimum absolute atomic E-state index is 0.000672. The van der Waals surface area contributed by atoms with Crippen LogP contribution in [0.25, 0.3) is 0 Å². The Bertz CT molecular complexity index is 722. The zero-order valence-corrected chi connectivity index (χ0v) is 15.8. The predicted molar refractivity (Wildman–Crippen MR) is 99.0 cm³/mol. The first-order valence-electron chi connectivity index (χ1n) is 9.32. The number of nitrogens with zero attached hydrogens (tertiary/aromatic N) is 2. The summed E-state index contributed by atoms with van der Waals surface area (Å²) in [6.45, 7) is 7.81. The third-order valence-corrected chi connectivity index (χ3v) is 6.03. The van der Waals surface area contributed by atoms with E-state index in [9.17, 15) is 14.9 Å². The number of nitriles is 1. The largest absolute Gasteiger partial charge is 0.355 e. The van der Waals surface area contributed by atoms with Crippen molar-refractivity contribution in [1.82, 2.24) is 10.2 Å². The lowest BCUT2D eigenvalue weighted by molar-refractivity contribution is -0.144. The van der Waals surface area contributed by atoms with E-state index in [0.717, 1.165) is 5.56 Å². The van der Waals surface area contributed by atoms with Crippen molar-refractivity contribution in [3.05, 3.63) is 35.9 Å². The van der Waals surface area contributed by atoms with Gasteiger partial charge in [-0.1, -0.05) is 51.1 Å². The number of piperidine rings is 1. The van der Waals surface area contributed by atoms with Crippen LogP contribution >= 0.6 is 0 Å². The van der Waals surface area contributed by atoms with Crippen molar-refractivity contribution in [2.45, 2.75) is 39.0 Å². The van der Waals surface area contributed by atoms with Gasteiger partial charge in [-0.2, -0.15) is 5.26 Å². The van der Waals surface area contributed by atoms with Gasteiger partial charge in [0, 0.05) is 25.6 Å². The molecule has 0 aromatic heterocycles. The fourth-order valence-corrected chi connectivity index (χ4v) is 4.24. The Morgan fingerprint density at radius 3 is 2.38 bits per heavy atom. The van der Waals surface area contributed by atoms with Gasteiger partial charge in [0.1, 0.15) is 5.92 Å². The number of rotatable bonds is 2. The van der Waals surface area contributed by atoms with E-state index in [-0.39, 0.29) is 23.1 Å². The molecule has 26 heavy (non-hydrogen) atoms. The maximum Gasteiger partial charge on any atom is 0.235 e. The van der Waals surface area contributed by atoms with Crippen molar-refractivity contribution in [3.8, 4) is 6.07 Å². The molecule has 0 spiro atoms. The van der Waals surface area contributed by atoms with E-state index in [2.05, 4.69) is 32.2 Å². The Morgan fingerprint density at radius 1 is 1.23 bits per heavy atom. The molecule has 2 heterocycles. The van der Waals surface area contributed by atoms with Gasteiger partial charge in [0.2, 0.25) is 11.8 Å². The van der Waals surface area contributed by atoms with Gasteiger partial charge in [0.25, 0.3) is 0 Å². The number of hydrogen-bond acceptors (Lipinski definition) is 3. The highest BCUT2D eigenvalue weighted by molar-refractivity contribution is 6.02. The third kappa shape index (κ3) is 3.21. The Morgan fingerprint density at radius 2 is 1.85 bits per heavy atom. The first-order chi connectivity index (χ1) is 12.3. The molecule has 5 heteroatoms. The zero-order valence-electron chi connectivity index (χ0n) is 15.8. The smallest absolute Gasteiger partial charge is 0.235 e. The van der Waals surface area contributed by atoms with Crippen LogP contribution in [-0.4, -0.2) is 36.3 Å². The summed E-state index contributed by atoms with van der Waals surface area (Å²) in [6.07, 6.45) is 1.21. The predicted octanol–water partition coefficient (Wildman–Crippen LogP) is 2.48. The Labute approximate surface area is 155 Å². The molecular formula is C21H27N3O2. The van der Waals surface area contributed by atoms with Gasteiger partial charge in [-0.3, -0.25) is 9.59 Å². The van der Waals surface area contributed by atoms with E-state index in [1.165, 1.54) is 0 Å². The lowest BCUT2D eigenvalue weighted by atomic mass is 9.72. The highest BCUT2D eigenvalue weighted by Crippen LogP contribution is 2.39. The molecule has 2 saturated heterocycles. The average molecular weight is 353 g/mol. The van der Waals surface area contributed by atoms with E-state index in [0.29, 0.717) is 32.5 Å². The number of nitrogens with one attached hydrogen (secondary N) is 1. The van der Waals surface area contributed by atoms with Crippen LogP contribution in [0, 0.1) is 28.6 Å². The number of carbonyl (C=O) groups is 2. The molecule has 2 fully saturated rings. The summed E-state index contributed by atoms with van der Waals surface area (Å²) in [4.78, 5) is 27.2. The number of benzene rings is 1. The molecule has 1 aromatic rings. The lowest BCUT2D eigenvalue weighted by Gasteiger charge is -2.39. The fourth-order valence-electron chi connectivity index (χ4n) is 4.24. The van der Waals surface area contributed by atoms with Crippen LogP contribution in [0.5, 0.6) is 0 Å². The molecule has 0 unspecified atom stereocenters. The second-order valence-electron chi connectivity index (χ2n) is 8.58. The van der Waals surface area contributed by atoms with Gasteiger partial charge in [-0.25, -0.2) is 0 Å². The molecule has 1 aromatic carbocycles. The van der Waals surface area contributed by atoms with Crippen LogP contribution in [0.3, 0.4) is 0 Å². The van der Waals surface area contributed by atoms with Crippen molar-refractivity contribution in [3.63, 3.8) is 0 Å². The van der Waals surface area contributed by atoms with Crippen molar-refractivity contribution >= 4 is 11.8 Å². The second-order valence-corrected chi connectivity index (χ2v) is 8.58. The van der Waals surface area contributed by atoms with Crippen molar-refractivity contribution in [2.24, 2.45) is 17.3 Å². The van der Waals surface area contributed by atoms with Gasteiger partial charge >= 0.3 is 0 Å². The minimum atomic E-state index is -0.610. The molecule has 2 aliphatic rings. The molecule has 2 atom stereocenters. The van der Waals surface area contributed by atoms with Crippen molar-refractivity contribution < 1.29 is 9.59 Å². The summed E-state index contributed by atoms with van der Waals surface area (Å²) in [5.41, 5.74) is 0.357. The molecule has 0 bridgehead atoms. The van der Waals surface area contributed by atoms with E-state index in [1.54, 1.807) is 4.90 Å². The summed E-state index contributed by atoms with van der Waals surface area (Å²) >= 11 is 0. The quantitative estimate of drug-likeness (QED) is 0.830. The first-order valence-corrected chi connectivity index (χ1v) is 9.32. The molecule has 5 nitrogen and oxygen atoms in total. The maximum absolute atomic E-state index is 13.1. The lowest BCUT2D eigenvalue weighted by Crippen LogP contribution is -2.49. The molecule has 2 amide bonds. The topological polar surface area (TPSA) is 73.2 Å². The Kier molecular flexibility index (Phi) is 4.79. The zero-order chi connectivity index (χ0) is 18.9. The van der Waals surface area contributed by atoms with Crippen LogP contribution in [0.1, 0.15) is 39.2 Å². The van der Waals surface area contributed by atoms with Crippen LogP contribution in [-0.2, 0) is 15.0 Å². The molecule has 0 radical (unpaired) electrons. The molecule has 0 aliphatic carbocycles. The average Bonchev–Trinajstić information content (AvgIpc) is 3.04. The monoisotopic (exact) mass is 353 g/mol. The van der Waals surface area contributed by atoms with E-state index >= 15 is 0 Å². The van der Waals surface area contributed by atoms with Crippen molar-refractivity contribution in [1.29, 1.82) is 5.26 Å². The number of carbonyl (C=O) groups excluding carboxylic acids is 2. The van der Waals surface area contributed by atoms with Crippen LogP contribution in [0.2, 0.25) is 0 Å². The van der Waals surface area contributed by atoms with Gasteiger partial charge in [0.05, 0.1) is 11.5 Å². The Hall–Kier alpha value is -2.35. The third-order valence-electron chi connectivity index (χ3n) is 6.03. The summed E-state index contributed by atoms with van der Waals surface area (Å²) in [5.74, 6) is -0.852. The first kappa shape index (κ1) is 18.4. The summed E-state index contributed by atoms with van der Waals surface area (Å²) in [6, 6.07) is 12.3. The SMILES string of the molecule is CC(C)(C)[C@@H]1CNC(=O)[C@@H]1C(=O)N1CCC(C#N)(c2ccccc2)CC1. The van der Waals surface area contributed by atoms with Crippen LogP contribution in [0.4, 0.5) is 0 Å². The summed E-state index contributed by atoms with van der Waals surface area (Å²) in [5, 5.41) is 12.7. The van der Waals surface area contributed by atoms with E-state index in [4.69, 9.17) is 0 Å². The number of likely N-dealkylation sites (tertiary alicyclic amines) is 1. The molecule has 2 aliphatic heterocycles. The number of amides is 2. The van der Waals surface area contributed by atoms with Gasteiger partial charge in [-0.05, 0) is 23.8 Å². The van der Waals surface area contributed by atoms with Crippen molar-refractivity contribution in [2.75, 3.05) is 19.6 Å². The maximum atomic E-state index is 13.1. The van der Waals surface area contributed by atoms with Gasteiger partial charge in [0.15, 0.2) is 0 Å².